The zero-order valence-electron chi connectivity index (χ0n) is 18.5. The van der Waals surface area contributed by atoms with E-state index in [1.165, 1.54) is 25.6 Å². The largest absolute Gasteiger partial charge is 0.493 e. The van der Waals surface area contributed by atoms with Crippen LogP contribution in [0, 0.1) is 6.92 Å². The van der Waals surface area contributed by atoms with Crippen LogP contribution in [0.25, 0.3) is 15.5 Å². The van der Waals surface area contributed by atoms with Crippen LogP contribution in [0.5, 0.6) is 11.5 Å². The first-order chi connectivity index (χ1) is 15.9. The zero-order chi connectivity index (χ0) is 23.5. The Morgan fingerprint density at radius 2 is 1.91 bits per heavy atom. The van der Waals surface area contributed by atoms with Crippen molar-refractivity contribution in [1.82, 2.24) is 25.1 Å². The van der Waals surface area contributed by atoms with Gasteiger partial charge in [-0.2, -0.15) is 9.61 Å². The smallest absolute Gasteiger partial charge is 0.257 e. The van der Waals surface area contributed by atoms with E-state index in [1.807, 2.05) is 32.0 Å². The van der Waals surface area contributed by atoms with Crippen molar-refractivity contribution in [1.29, 1.82) is 0 Å². The molecular formula is C22H22N6O3S2. The Bertz CT molecular complexity index is 1350. The molecular weight excluding hydrogens is 460 g/mol. The van der Waals surface area contributed by atoms with Gasteiger partial charge < -0.3 is 14.8 Å². The number of ether oxygens (including phenoxy) is 2. The van der Waals surface area contributed by atoms with E-state index in [4.69, 9.17) is 21.7 Å². The van der Waals surface area contributed by atoms with Crippen molar-refractivity contribution in [3.8, 4) is 22.1 Å². The number of hydrogen-bond donors (Lipinski definition) is 2. The molecule has 0 aliphatic carbocycles. The van der Waals surface area contributed by atoms with Gasteiger partial charge in [0.05, 0.1) is 14.2 Å². The standard InChI is InChI=1S/C22H22N6O3S2/c1-5-18-25-26-22-28(18)27-20(33-22)14-6-8-15(12(2)10-14)23-21(32)24-19(29)13-7-9-16(30-3)17(11-13)31-4/h6-11H,5H2,1-4H3,(H2,23,24,29,32). The molecule has 2 aromatic carbocycles. The number of hydrogen-bond acceptors (Lipinski definition) is 8. The number of aryl methyl sites for hydroxylation is 2. The molecule has 0 saturated heterocycles. The summed E-state index contributed by atoms with van der Waals surface area (Å²) in [5, 5.41) is 19.7. The first-order valence-corrected chi connectivity index (χ1v) is 11.3. The number of aromatic nitrogens is 4. The summed E-state index contributed by atoms with van der Waals surface area (Å²) in [5.41, 5.74) is 3.11. The van der Waals surface area contributed by atoms with Crippen molar-refractivity contribution < 1.29 is 14.3 Å². The van der Waals surface area contributed by atoms with Gasteiger partial charge in [-0.15, -0.1) is 10.2 Å². The summed E-state index contributed by atoms with van der Waals surface area (Å²) >= 11 is 6.82. The normalized spacial score (nSPS) is 10.8. The lowest BCUT2D eigenvalue weighted by Gasteiger charge is -2.13. The SMILES string of the molecule is CCc1nnc2sc(-c3ccc(NC(=S)NC(=O)c4ccc(OC)c(OC)c4)c(C)c3)nn12. The summed E-state index contributed by atoms with van der Waals surface area (Å²) in [6.07, 6.45) is 0.763. The molecule has 0 aliphatic rings. The van der Waals surface area contributed by atoms with E-state index in [9.17, 15) is 4.79 Å². The van der Waals surface area contributed by atoms with E-state index in [2.05, 4.69) is 25.9 Å². The molecule has 9 nitrogen and oxygen atoms in total. The quantitative estimate of drug-likeness (QED) is 0.399. The monoisotopic (exact) mass is 482 g/mol. The molecule has 0 aliphatic heterocycles. The lowest BCUT2D eigenvalue weighted by atomic mass is 10.1. The number of rotatable bonds is 6. The first-order valence-electron chi connectivity index (χ1n) is 10.1. The number of anilines is 1. The molecule has 33 heavy (non-hydrogen) atoms. The van der Waals surface area contributed by atoms with Gasteiger partial charge in [0, 0.05) is 23.2 Å². The minimum absolute atomic E-state index is 0.192. The van der Waals surface area contributed by atoms with Crippen LogP contribution < -0.4 is 20.1 Å². The van der Waals surface area contributed by atoms with Gasteiger partial charge >= 0.3 is 0 Å². The number of carbonyl (C=O) groups is 1. The van der Waals surface area contributed by atoms with Gasteiger partial charge in [0.25, 0.3) is 5.91 Å². The first kappa shape index (κ1) is 22.6. The molecule has 0 bridgehead atoms. The second-order valence-electron chi connectivity index (χ2n) is 7.08. The highest BCUT2D eigenvalue weighted by atomic mass is 32.1. The molecule has 0 radical (unpaired) electrons. The number of nitrogens with one attached hydrogen (secondary N) is 2. The predicted octanol–water partition coefficient (Wildman–Crippen LogP) is 3.87. The number of benzene rings is 2. The van der Waals surface area contributed by atoms with Crippen LogP contribution in [0.1, 0.15) is 28.7 Å². The fraction of sp³-hybridized carbons (Fsp3) is 0.227. The predicted molar refractivity (Wildman–Crippen MR) is 131 cm³/mol. The van der Waals surface area contributed by atoms with Gasteiger partial charge in [-0.05, 0) is 61.1 Å². The van der Waals surface area contributed by atoms with Crippen molar-refractivity contribution >= 4 is 45.2 Å². The highest BCUT2D eigenvalue weighted by molar-refractivity contribution is 7.80. The lowest BCUT2D eigenvalue weighted by molar-refractivity contribution is 0.0977. The Balaban J connectivity index is 1.46. The number of amides is 1. The fourth-order valence-corrected chi connectivity index (χ4v) is 4.30. The number of thiocarbonyl (C=S) groups is 1. The summed E-state index contributed by atoms with van der Waals surface area (Å²) in [5.74, 6) is 1.49. The topological polar surface area (TPSA) is 103 Å². The minimum Gasteiger partial charge on any atom is -0.493 e. The third kappa shape index (κ3) is 4.64. The Kier molecular flexibility index (Phi) is 6.52. The third-order valence-corrected chi connectivity index (χ3v) is 6.12. The molecule has 4 rings (SSSR count). The van der Waals surface area contributed by atoms with Crippen molar-refractivity contribution in [2.24, 2.45) is 0 Å². The van der Waals surface area contributed by atoms with Gasteiger partial charge in [0.15, 0.2) is 22.4 Å². The number of nitrogens with zero attached hydrogens (tertiary/aromatic N) is 4. The molecule has 170 valence electrons. The Hall–Kier alpha value is -3.57. The fourth-order valence-electron chi connectivity index (χ4n) is 3.24. The molecule has 0 spiro atoms. The maximum Gasteiger partial charge on any atom is 0.257 e. The van der Waals surface area contributed by atoms with Crippen molar-refractivity contribution in [3.63, 3.8) is 0 Å². The molecule has 1 amide bonds. The number of methoxy groups -OCH3 is 2. The molecule has 0 fully saturated rings. The molecule has 0 atom stereocenters. The molecule has 11 heteroatoms. The van der Waals surface area contributed by atoms with Gasteiger partial charge in [0.2, 0.25) is 4.96 Å². The third-order valence-electron chi connectivity index (χ3n) is 4.97. The number of carbonyl (C=O) groups excluding carboxylic acids is 1. The number of fused-ring (bicyclic) bond motifs is 1. The van der Waals surface area contributed by atoms with E-state index in [0.29, 0.717) is 17.1 Å². The average molecular weight is 483 g/mol. The highest BCUT2D eigenvalue weighted by Crippen LogP contribution is 2.29. The van der Waals surface area contributed by atoms with Gasteiger partial charge in [-0.3, -0.25) is 10.1 Å². The maximum atomic E-state index is 12.6. The van der Waals surface area contributed by atoms with Crippen LogP contribution in [0.2, 0.25) is 0 Å². The van der Waals surface area contributed by atoms with Crippen LogP contribution in [0.15, 0.2) is 36.4 Å². The zero-order valence-corrected chi connectivity index (χ0v) is 20.1. The van der Waals surface area contributed by atoms with E-state index in [0.717, 1.165) is 39.0 Å². The Morgan fingerprint density at radius 3 is 2.61 bits per heavy atom. The van der Waals surface area contributed by atoms with E-state index < -0.39 is 0 Å². The lowest BCUT2D eigenvalue weighted by Crippen LogP contribution is -2.34. The van der Waals surface area contributed by atoms with Gasteiger partial charge in [-0.1, -0.05) is 18.3 Å². The summed E-state index contributed by atoms with van der Waals surface area (Å²) in [4.78, 5) is 13.4. The molecule has 2 aromatic heterocycles. The summed E-state index contributed by atoms with van der Waals surface area (Å²) in [7, 11) is 3.05. The van der Waals surface area contributed by atoms with Crippen molar-refractivity contribution in [2.75, 3.05) is 19.5 Å². The van der Waals surface area contributed by atoms with Crippen LogP contribution in [0.3, 0.4) is 0 Å². The van der Waals surface area contributed by atoms with Crippen LogP contribution in [-0.4, -0.2) is 45.1 Å². The highest BCUT2D eigenvalue weighted by Gasteiger charge is 2.15. The van der Waals surface area contributed by atoms with Crippen LogP contribution in [0.4, 0.5) is 5.69 Å². The second-order valence-corrected chi connectivity index (χ2v) is 8.44. The molecule has 2 N–H and O–H groups in total. The van der Waals surface area contributed by atoms with Crippen LogP contribution >= 0.6 is 23.6 Å². The van der Waals surface area contributed by atoms with Gasteiger partial charge in [0.1, 0.15) is 5.01 Å². The Labute approximate surface area is 199 Å². The van der Waals surface area contributed by atoms with E-state index in [-0.39, 0.29) is 11.0 Å². The summed E-state index contributed by atoms with van der Waals surface area (Å²) in [6.45, 7) is 3.98. The summed E-state index contributed by atoms with van der Waals surface area (Å²) < 4.78 is 12.2. The van der Waals surface area contributed by atoms with Crippen molar-refractivity contribution in [3.05, 3.63) is 53.3 Å². The van der Waals surface area contributed by atoms with E-state index >= 15 is 0 Å². The van der Waals surface area contributed by atoms with Crippen molar-refractivity contribution in [2.45, 2.75) is 20.3 Å². The van der Waals surface area contributed by atoms with Gasteiger partial charge in [-0.25, -0.2) is 0 Å². The molecule has 2 heterocycles. The molecule has 0 saturated carbocycles. The van der Waals surface area contributed by atoms with Crippen LogP contribution in [-0.2, 0) is 6.42 Å². The second kappa shape index (κ2) is 9.51. The summed E-state index contributed by atoms with van der Waals surface area (Å²) in [6, 6.07) is 10.8. The van der Waals surface area contributed by atoms with E-state index in [1.54, 1.807) is 22.7 Å². The molecule has 4 aromatic rings. The Morgan fingerprint density at radius 1 is 1.12 bits per heavy atom. The molecule has 0 unspecified atom stereocenters. The minimum atomic E-state index is -0.353. The maximum absolute atomic E-state index is 12.6. The average Bonchev–Trinajstić information content (AvgIpc) is 3.40.